The van der Waals surface area contributed by atoms with Crippen molar-refractivity contribution in [1.82, 2.24) is 15.1 Å². The summed E-state index contributed by atoms with van der Waals surface area (Å²) in [6, 6.07) is 10.1. The molecule has 0 bridgehead atoms. The minimum atomic E-state index is -0.359. The van der Waals surface area contributed by atoms with Crippen LogP contribution in [-0.4, -0.2) is 36.5 Å². The molecule has 0 aliphatic carbocycles. The number of ether oxygens (including phenoxy) is 2. The van der Waals surface area contributed by atoms with Gasteiger partial charge in [-0.15, -0.1) is 0 Å². The van der Waals surface area contributed by atoms with Gasteiger partial charge >= 0.3 is 0 Å². The lowest BCUT2D eigenvalue weighted by Crippen LogP contribution is -2.30. The fraction of sp³-hybridized carbons (Fsp3) is 0.312. The summed E-state index contributed by atoms with van der Waals surface area (Å²) in [5, 5.41) is 6.81. The van der Waals surface area contributed by atoms with Crippen LogP contribution in [0.5, 0.6) is 5.75 Å². The van der Waals surface area contributed by atoms with E-state index in [0.717, 1.165) is 5.56 Å². The highest BCUT2D eigenvalue weighted by atomic mass is 16.5. The van der Waals surface area contributed by atoms with Crippen molar-refractivity contribution in [1.29, 1.82) is 0 Å². The third-order valence-electron chi connectivity index (χ3n) is 3.24. The fourth-order valence-electron chi connectivity index (χ4n) is 2.02. The minimum absolute atomic E-state index is 0.176. The molecule has 1 aromatic carbocycles. The summed E-state index contributed by atoms with van der Waals surface area (Å²) in [6.07, 6.45) is 0. The predicted molar refractivity (Wildman–Crippen MR) is 84.5 cm³/mol. The zero-order valence-electron chi connectivity index (χ0n) is 13.1. The number of methoxy groups -OCH3 is 2. The van der Waals surface area contributed by atoms with Crippen molar-refractivity contribution >= 4 is 5.91 Å². The maximum atomic E-state index is 12.2. The Morgan fingerprint density at radius 2 is 2.00 bits per heavy atom. The molecule has 7 heteroatoms. The maximum Gasteiger partial charge on any atom is 0.271 e. The van der Waals surface area contributed by atoms with E-state index < -0.39 is 0 Å². The summed E-state index contributed by atoms with van der Waals surface area (Å²) < 4.78 is 11.4. The number of para-hydroxylation sites is 1. The van der Waals surface area contributed by atoms with Crippen LogP contribution in [0.15, 0.2) is 41.2 Å². The number of benzene rings is 1. The van der Waals surface area contributed by atoms with Crippen LogP contribution in [0.2, 0.25) is 0 Å². The Morgan fingerprint density at radius 1 is 1.22 bits per heavy atom. The van der Waals surface area contributed by atoms with E-state index in [1.807, 2.05) is 24.3 Å². The second-order valence-corrected chi connectivity index (χ2v) is 4.77. The molecule has 0 saturated heterocycles. The monoisotopic (exact) mass is 317 g/mol. The van der Waals surface area contributed by atoms with Gasteiger partial charge in [-0.3, -0.25) is 9.59 Å². The quantitative estimate of drug-likeness (QED) is 0.818. The summed E-state index contributed by atoms with van der Waals surface area (Å²) in [4.78, 5) is 23.9. The number of nitrogens with zero attached hydrogens (tertiary/aromatic N) is 2. The summed E-state index contributed by atoms with van der Waals surface area (Å²) >= 11 is 0. The Bertz CT molecular complexity index is 727. The van der Waals surface area contributed by atoms with Gasteiger partial charge in [-0.05, 0) is 12.1 Å². The number of hydrogen-bond donors (Lipinski definition) is 1. The molecule has 2 rings (SSSR count). The second kappa shape index (κ2) is 8.09. The molecule has 0 fully saturated rings. The highest BCUT2D eigenvalue weighted by Crippen LogP contribution is 2.16. The molecule has 1 aromatic heterocycles. The van der Waals surface area contributed by atoms with Crippen LogP contribution in [0.3, 0.4) is 0 Å². The van der Waals surface area contributed by atoms with Gasteiger partial charge in [0.05, 0.1) is 20.3 Å². The number of nitrogens with one attached hydrogen (secondary N) is 1. The van der Waals surface area contributed by atoms with Crippen LogP contribution in [0, 0.1) is 0 Å². The highest BCUT2D eigenvalue weighted by molar-refractivity contribution is 5.91. The number of amides is 1. The molecule has 0 saturated carbocycles. The average molecular weight is 317 g/mol. The first-order chi connectivity index (χ1) is 11.2. The molecule has 122 valence electrons. The van der Waals surface area contributed by atoms with E-state index in [1.165, 1.54) is 23.9 Å². The first-order valence-corrected chi connectivity index (χ1v) is 7.13. The Labute approximate surface area is 133 Å². The molecule has 1 heterocycles. The van der Waals surface area contributed by atoms with Crippen molar-refractivity contribution in [2.45, 2.75) is 13.1 Å². The number of hydrogen-bond acceptors (Lipinski definition) is 5. The Hall–Kier alpha value is -2.67. The van der Waals surface area contributed by atoms with Crippen molar-refractivity contribution in [3.05, 3.63) is 58.0 Å². The van der Waals surface area contributed by atoms with Gasteiger partial charge in [0.2, 0.25) is 0 Å². The Kier molecular flexibility index (Phi) is 5.87. The van der Waals surface area contributed by atoms with E-state index >= 15 is 0 Å². The van der Waals surface area contributed by atoms with E-state index in [2.05, 4.69) is 10.4 Å². The first kappa shape index (κ1) is 16.7. The van der Waals surface area contributed by atoms with Crippen LogP contribution < -0.4 is 15.6 Å². The number of rotatable bonds is 7. The molecule has 0 atom stereocenters. The fourth-order valence-corrected chi connectivity index (χ4v) is 2.02. The Morgan fingerprint density at radius 3 is 2.74 bits per heavy atom. The average Bonchev–Trinajstić information content (AvgIpc) is 2.59. The molecule has 1 N–H and O–H groups in total. The molecule has 23 heavy (non-hydrogen) atoms. The van der Waals surface area contributed by atoms with Crippen LogP contribution in [0.1, 0.15) is 16.1 Å². The van der Waals surface area contributed by atoms with Crippen molar-refractivity contribution < 1.29 is 14.3 Å². The van der Waals surface area contributed by atoms with Crippen molar-refractivity contribution in [2.24, 2.45) is 0 Å². The largest absolute Gasteiger partial charge is 0.496 e. The lowest BCUT2D eigenvalue weighted by atomic mass is 10.2. The number of carbonyl (C=O) groups excluding carboxylic acids is 1. The molecule has 0 aliphatic heterocycles. The SMILES string of the molecule is COCCn1nc(C(=O)NCc2ccccc2OC)ccc1=O. The van der Waals surface area contributed by atoms with Crippen LogP contribution >= 0.6 is 0 Å². The standard InChI is InChI=1S/C16H19N3O4/c1-22-10-9-19-15(20)8-7-13(18-19)16(21)17-11-12-5-3-4-6-14(12)23-2/h3-8H,9-11H2,1-2H3,(H,17,21). The van der Waals surface area contributed by atoms with Crippen molar-refractivity contribution in [3.8, 4) is 5.75 Å². The predicted octanol–water partition coefficient (Wildman–Crippen LogP) is 0.828. The van der Waals surface area contributed by atoms with Crippen molar-refractivity contribution in [3.63, 3.8) is 0 Å². The molecule has 2 aromatic rings. The van der Waals surface area contributed by atoms with Gasteiger partial charge in [0, 0.05) is 25.3 Å². The summed E-state index contributed by atoms with van der Waals surface area (Å²) in [7, 11) is 3.11. The zero-order chi connectivity index (χ0) is 16.7. The maximum absolute atomic E-state index is 12.2. The third kappa shape index (κ3) is 4.40. The van der Waals surface area contributed by atoms with Gasteiger partial charge in [0.15, 0.2) is 0 Å². The summed E-state index contributed by atoms with van der Waals surface area (Å²) in [5.74, 6) is 0.341. The van der Waals surface area contributed by atoms with E-state index in [0.29, 0.717) is 25.4 Å². The third-order valence-corrected chi connectivity index (χ3v) is 3.24. The van der Waals surface area contributed by atoms with Crippen LogP contribution in [-0.2, 0) is 17.8 Å². The number of aromatic nitrogens is 2. The van der Waals surface area contributed by atoms with E-state index in [-0.39, 0.29) is 17.2 Å². The Balaban J connectivity index is 2.07. The molecule has 1 amide bonds. The van der Waals surface area contributed by atoms with Gasteiger partial charge in [-0.1, -0.05) is 18.2 Å². The summed E-state index contributed by atoms with van der Waals surface area (Å²) in [5.41, 5.74) is 0.759. The lowest BCUT2D eigenvalue weighted by Gasteiger charge is -2.10. The molecule has 0 radical (unpaired) electrons. The van der Waals surface area contributed by atoms with E-state index in [4.69, 9.17) is 9.47 Å². The topological polar surface area (TPSA) is 82.5 Å². The molecular formula is C16H19N3O4. The van der Waals surface area contributed by atoms with E-state index in [1.54, 1.807) is 7.11 Å². The van der Waals surface area contributed by atoms with Gasteiger partial charge < -0.3 is 14.8 Å². The van der Waals surface area contributed by atoms with E-state index in [9.17, 15) is 9.59 Å². The normalized spacial score (nSPS) is 10.3. The smallest absolute Gasteiger partial charge is 0.271 e. The van der Waals surface area contributed by atoms with Crippen molar-refractivity contribution in [2.75, 3.05) is 20.8 Å². The van der Waals surface area contributed by atoms with Gasteiger partial charge in [0.1, 0.15) is 11.4 Å². The van der Waals surface area contributed by atoms with Gasteiger partial charge in [0.25, 0.3) is 11.5 Å². The first-order valence-electron chi connectivity index (χ1n) is 7.13. The van der Waals surface area contributed by atoms with Gasteiger partial charge in [-0.2, -0.15) is 5.10 Å². The lowest BCUT2D eigenvalue weighted by molar-refractivity contribution is 0.0942. The summed E-state index contributed by atoms with van der Waals surface area (Å²) in [6.45, 7) is 0.948. The molecule has 0 aliphatic rings. The highest BCUT2D eigenvalue weighted by Gasteiger charge is 2.10. The second-order valence-electron chi connectivity index (χ2n) is 4.77. The molecule has 0 spiro atoms. The van der Waals surface area contributed by atoms with Gasteiger partial charge in [-0.25, -0.2) is 4.68 Å². The molecule has 0 unspecified atom stereocenters. The van der Waals surface area contributed by atoms with Crippen LogP contribution in [0.4, 0.5) is 0 Å². The zero-order valence-corrected chi connectivity index (χ0v) is 13.1. The molecule has 7 nitrogen and oxygen atoms in total. The molecular weight excluding hydrogens is 298 g/mol. The number of carbonyl (C=O) groups is 1. The minimum Gasteiger partial charge on any atom is -0.496 e. The van der Waals surface area contributed by atoms with Crippen LogP contribution in [0.25, 0.3) is 0 Å².